The van der Waals surface area contributed by atoms with E-state index in [1.165, 1.54) is 6.92 Å². The van der Waals surface area contributed by atoms with Crippen LogP contribution in [0.4, 0.5) is 11.5 Å². The Kier molecular flexibility index (Phi) is 4.01. The summed E-state index contributed by atoms with van der Waals surface area (Å²) in [6.07, 6.45) is 1.70. The number of carbonyl (C=O) groups excluding carboxylic acids is 1. The Bertz CT molecular complexity index is 603. The third-order valence-electron chi connectivity index (χ3n) is 3.19. The number of aromatic nitrogens is 1. The molecule has 1 aromatic heterocycles. The van der Waals surface area contributed by atoms with Gasteiger partial charge in [-0.3, -0.25) is 14.9 Å². The number of carbonyl (C=O) groups is 2. The van der Waals surface area contributed by atoms with E-state index < -0.39 is 10.9 Å². The highest BCUT2D eigenvalue weighted by Crippen LogP contribution is 2.25. The molecule has 1 fully saturated rings. The van der Waals surface area contributed by atoms with Crippen LogP contribution in [0.15, 0.2) is 12.3 Å². The molecule has 1 amide bonds. The third kappa shape index (κ3) is 3.25. The lowest BCUT2D eigenvalue weighted by atomic mass is 10.2. The van der Waals surface area contributed by atoms with Crippen LogP contribution in [-0.4, -0.2) is 46.0 Å². The molecule has 0 radical (unpaired) electrons. The normalized spacial score (nSPS) is 17.6. The molecule has 1 unspecified atom stereocenters. The van der Waals surface area contributed by atoms with E-state index in [9.17, 15) is 24.8 Å². The van der Waals surface area contributed by atoms with E-state index in [2.05, 4.69) is 10.3 Å². The van der Waals surface area contributed by atoms with Crippen LogP contribution in [0, 0.1) is 10.1 Å². The summed E-state index contributed by atoms with van der Waals surface area (Å²) < 4.78 is 0. The standard InChI is InChI=1S/C12H14N4O5/c1-7(17)14-8-2-3-15(6-8)11-10(12(18)19)4-9(5-13-11)16(20)21/h4-5,8H,2-3,6H2,1H3,(H,14,17)(H,18,19). The van der Waals surface area contributed by atoms with Gasteiger partial charge in [0.2, 0.25) is 5.91 Å². The Balaban J connectivity index is 2.26. The SMILES string of the molecule is CC(=O)NC1CCN(c2ncc([N+](=O)[O-])cc2C(=O)O)C1. The molecule has 9 nitrogen and oxygen atoms in total. The van der Waals surface area contributed by atoms with E-state index in [-0.39, 0.29) is 29.0 Å². The van der Waals surface area contributed by atoms with Crippen LogP contribution in [0.25, 0.3) is 0 Å². The van der Waals surface area contributed by atoms with Gasteiger partial charge in [0.05, 0.1) is 4.92 Å². The first kappa shape index (κ1) is 14.7. The molecule has 1 saturated heterocycles. The van der Waals surface area contributed by atoms with Gasteiger partial charge in [-0.15, -0.1) is 0 Å². The Morgan fingerprint density at radius 3 is 2.86 bits per heavy atom. The molecule has 1 aliphatic heterocycles. The smallest absolute Gasteiger partial charge is 0.339 e. The number of nitrogens with one attached hydrogen (secondary N) is 1. The Morgan fingerprint density at radius 2 is 2.29 bits per heavy atom. The fourth-order valence-electron chi connectivity index (χ4n) is 2.31. The minimum absolute atomic E-state index is 0.0823. The lowest BCUT2D eigenvalue weighted by Crippen LogP contribution is -2.36. The van der Waals surface area contributed by atoms with Gasteiger partial charge >= 0.3 is 5.97 Å². The molecule has 1 aromatic rings. The van der Waals surface area contributed by atoms with Crippen molar-refractivity contribution in [1.82, 2.24) is 10.3 Å². The number of pyridine rings is 1. The molecule has 1 aliphatic rings. The maximum atomic E-state index is 11.3. The van der Waals surface area contributed by atoms with Crippen LogP contribution >= 0.6 is 0 Å². The zero-order valence-electron chi connectivity index (χ0n) is 11.3. The van der Waals surface area contributed by atoms with Gasteiger partial charge in [0.1, 0.15) is 17.6 Å². The van der Waals surface area contributed by atoms with Gasteiger partial charge in [-0.2, -0.15) is 0 Å². The highest BCUT2D eigenvalue weighted by Gasteiger charge is 2.28. The van der Waals surface area contributed by atoms with Crippen LogP contribution < -0.4 is 10.2 Å². The summed E-state index contributed by atoms with van der Waals surface area (Å²) >= 11 is 0. The van der Waals surface area contributed by atoms with E-state index in [0.29, 0.717) is 19.5 Å². The van der Waals surface area contributed by atoms with Crippen molar-refractivity contribution >= 4 is 23.4 Å². The highest BCUT2D eigenvalue weighted by molar-refractivity contribution is 5.94. The summed E-state index contributed by atoms with van der Waals surface area (Å²) in [5, 5.41) is 22.6. The number of anilines is 1. The van der Waals surface area contributed by atoms with Crippen molar-refractivity contribution in [3.63, 3.8) is 0 Å². The fourth-order valence-corrected chi connectivity index (χ4v) is 2.31. The predicted octanol–water partition coefficient (Wildman–Crippen LogP) is 0.403. The molecule has 0 bridgehead atoms. The first-order valence-corrected chi connectivity index (χ1v) is 6.28. The van der Waals surface area contributed by atoms with Gasteiger partial charge in [0, 0.05) is 32.1 Å². The summed E-state index contributed by atoms with van der Waals surface area (Å²) in [5.41, 5.74) is -0.582. The number of carboxylic acid groups (broad SMARTS) is 1. The number of amides is 1. The summed E-state index contributed by atoms with van der Waals surface area (Å²) in [5.74, 6) is -1.25. The summed E-state index contributed by atoms with van der Waals surface area (Å²) in [6, 6.07) is 0.914. The second-order valence-electron chi connectivity index (χ2n) is 4.76. The van der Waals surface area contributed by atoms with Gasteiger partial charge in [0.25, 0.3) is 5.69 Å². The monoisotopic (exact) mass is 294 g/mol. The van der Waals surface area contributed by atoms with E-state index in [0.717, 1.165) is 12.3 Å². The first-order chi connectivity index (χ1) is 9.88. The van der Waals surface area contributed by atoms with Crippen LogP contribution in [0.1, 0.15) is 23.7 Å². The van der Waals surface area contributed by atoms with E-state index in [1.54, 1.807) is 4.90 Å². The van der Waals surface area contributed by atoms with E-state index in [1.807, 2.05) is 0 Å². The van der Waals surface area contributed by atoms with Crippen molar-refractivity contribution in [3.8, 4) is 0 Å². The molecular weight excluding hydrogens is 280 g/mol. The maximum Gasteiger partial charge on any atom is 0.339 e. The predicted molar refractivity (Wildman–Crippen MR) is 72.3 cm³/mol. The van der Waals surface area contributed by atoms with Crippen molar-refractivity contribution < 1.29 is 19.6 Å². The van der Waals surface area contributed by atoms with Crippen molar-refractivity contribution in [2.24, 2.45) is 0 Å². The number of carboxylic acids is 1. The van der Waals surface area contributed by atoms with Gasteiger partial charge in [-0.25, -0.2) is 9.78 Å². The molecule has 0 saturated carbocycles. The van der Waals surface area contributed by atoms with Gasteiger partial charge < -0.3 is 15.3 Å². The first-order valence-electron chi connectivity index (χ1n) is 6.28. The van der Waals surface area contributed by atoms with Crippen molar-refractivity contribution in [3.05, 3.63) is 27.9 Å². The fraction of sp³-hybridized carbons (Fsp3) is 0.417. The van der Waals surface area contributed by atoms with Crippen molar-refractivity contribution in [2.45, 2.75) is 19.4 Å². The van der Waals surface area contributed by atoms with Crippen molar-refractivity contribution in [1.29, 1.82) is 0 Å². The Labute approximate surface area is 119 Å². The average molecular weight is 294 g/mol. The zero-order chi connectivity index (χ0) is 15.6. The van der Waals surface area contributed by atoms with Gasteiger partial charge in [-0.05, 0) is 6.42 Å². The quantitative estimate of drug-likeness (QED) is 0.608. The second kappa shape index (κ2) is 5.73. The number of nitro groups is 1. The molecule has 0 aromatic carbocycles. The minimum atomic E-state index is -1.27. The molecule has 2 heterocycles. The second-order valence-corrected chi connectivity index (χ2v) is 4.76. The summed E-state index contributed by atoms with van der Waals surface area (Å²) in [6.45, 7) is 2.36. The molecule has 2 rings (SSSR count). The summed E-state index contributed by atoms with van der Waals surface area (Å²) in [4.78, 5) is 37.9. The molecule has 9 heteroatoms. The number of aromatic carboxylic acids is 1. The number of hydrogen-bond acceptors (Lipinski definition) is 6. The lowest BCUT2D eigenvalue weighted by molar-refractivity contribution is -0.385. The lowest BCUT2D eigenvalue weighted by Gasteiger charge is -2.19. The third-order valence-corrected chi connectivity index (χ3v) is 3.19. The van der Waals surface area contributed by atoms with E-state index in [4.69, 9.17) is 0 Å². The van der Waals surface area contributed by atoms with E-state index >= 15 is 0 Å². The Morgan fingerprint density at radius 1 is 1.57 bits per heavy atom. The van der Waals surface area contributed by atoms with Crippen LogP contribution in [0.2, 0.25) is 0 Å². The maximum absolute atomic E-state index is 11.3. The van der Waals surface area contributed by atoms with Gasteiger partial charge in [0.15, 0.2) is 0 Å². The molecule has 21 heavy (non-hydrogen) atoms. The topological polar surface area (TPSA) is 126 Å². The van der Waals surface area contributed by atoms with Crippen molar-refractivity contribution in [2.75, 3.05) is 18.0 Å². The van der Waals surface area contributed by atoms with Gasteiger partial charge in [-0.1, -0.05) is 0 Å². The van der Waals surface area contributed by atoms with Crippen LogP contribution in [0.3, 0.4) is 0 Å². The Hall–Kier alpha value is -2.71. The molecule has 112 valence electrons. The molecule has 1 atom stereocenters. The molecule has 2 N–H and O–H groups in total. The average Bonchev–Trinajstić information content (AvgIpc) is 2.85. The zero-order valence-corrected chi connectivity index (χ0v) is 11.3. The van der Waals surface area contributed by atoms with Crippen LogP contribution in [0.5, 0.6) is 0 Å². The molecule has 0 spiro atoms. The minimum Gasteiger partial charge on any atom is -0.478 e. The molecular formula is C12H14N4O5. The highest BCUT2D eigenvalue weighted by atomic mass is 16.6. The number of nitrogens with zero attached hydrogens (tertiary/aromatic N) is 3. The number of hydrogen-bond donors (Lipinski definition) is 2. The number of rotatable bonds is 4. The largest absolute Gasteiger partial charge is 0.478 e. The van der Waals surface area contributed by atoms with Crippen LogP contribution in [-0.2, 0) is 4.79 Å². The summed E-state index contributed by atoms with van der Waals surface area (Å²) in [7, 11) is 0. The molecule has 0 aliphatic carbocycles.